The Bertz CT molecular complexity index is 448. The van der Waals surface area contributed by atoms with Crippen molar-refractivity contribution in [1.82, 2.24) is 4.90 Å². The lowest BCUT2D eigenvalue weighted by Crippen LogP contribution is -2.19. The van der Waals surface area contributed by atoms with E-state index < -0.39 is 0 Å². The third-order valence-electron chi connectivity index (χ3n) is 2.95. The van der Waals surface area contributed by atoms with E-state index in [1.54, 1.807) is 12.1 Å². The fourth-order valence-electron chi connectivity index (χ4n) is 1.90. The Kier molecular flexibility index (Phi) is 7.17. The summed E-state index contributed by atoms with van der Waals surface area (Å²) in [5.74, 6) is 4.99. The summed E-state index contributed by atoms with van der Waals surface area (Å²) in [6, 6.07) is 4.99. The molecule has 104 valence electrons. The molecule has 0 aliphatic heterocycles. The molecule has 0 saturated heterocycles. The van der Waals surface area contributed by atoms with E-state index in [9.17, 15) is 4.39 Å². The molecule has 1 aromatic rings. The van der Waals surface area contributed by atoms with Gasteiger partial charge in [0, 0.05) is 17.7 Å². The summed E-state index contributed by atoms with van der Waals surface area (Å²) in [5.41, 5.74) is 1.29. The van der Waals surface area contributed by atoms with Gasteiger partial charge in [-0.2, -0.15) is 0 Å². The van der Waals surface area contributed by atoms with Crippen LogP contribution in [0.15, 0.2) is 18.2 Å². The SMILES string of the molecule is CCCCCN(C)Cc1ccc(C#CCO)cc1F. The minimum absolute atomic E-state index is 0.205. The van der Waals surface area contributed by atoms with Crippen molar-refractivity contribution in [1.29, 1.82) is 0 Å². The van der Waals surface area contributed by atoms with Crippen molar-refractivity contribution in [2.75, 3.05) is 20.2 Å². The van der Waals surface area contributed by atoms with Gasteiger partial charge < -0.3 is 10.0 Å². The summed E-state index contributed by atoms with van der Waals surface area (Å²) < 4.78 is 13.9. The van der Waals surface area contributed by atoms with E-state index in [1.807, 2.05) is 7.05 Å². The molecule has 2 nitrogen and oxygen atoms in total. The van der Waals surface area contributed by atoms with Gasteiger partial charge in [0.2, 0.25) is 0 Å². The average molecular weight is 263 g/mol. The molecule has 0 saturated carbocycles. The van der Waals surface area contributed by atoms with Crippen LogP contribution < -0.4 is 0 Å². The maximum Gasteiger partial charge on any atom is 0.128 e. The molecule has 0 aliphatic rings. The zero-order valence-electron chi connectivity index (χ0n) is 11.7. The van der Waals surface area contributed by atoms with E-state index in [0.29, 0.717) is 17.7 Å². The average Bonchev–Trinajstić information content (AvgIpc) is 2.39. The summed E-state index contributed by atoms with van der Waals surface area (Å²) in [6.07, 6.45) is 3.55. The van der Waals surface area contributed by atoms with E-state index in [4.69, 9.17) is 5.11 Å². The van der Waals surface area contributed by atoms with Crippen molar-refractivity contribution in [3.63, 3.8) is 0 Å². The number of aliphatic hydroxyl groups excluding tert-OH is 1. The van der Waals surface area contributed by atoms with Crippen LogP contribution in [0.2, 0.25) is 0 Å². The number of unbranched alkanes of at least 4 members (excludes halogenated alkanes) is 2. The van der Waals surface area contributed by atoms with Crippen molar-refractivity contribution >= 4 is 0 Å². The molecule has 0 fully saturated rings. The van der Waals surface area contributed by atoms with E-state index >= 15 is 0 Å². The first-order valence-electron chi connectivity index (χ1n) is 6.74. The van der Waals surface area contributed by atoms with Gasteiger partial charge in [-0.15, -0.1) is 0 Å². The largest absolute Gasteiger partial charge is 0.384 e. The Morgan fingerprint density at radius 1 is 1.32 bits per heavy atom. The molecule has 1 N–H and O–H groups in total. The maximum absolute atomic E-state index is 13.9. The van der Waals surface area contributed by atoms with Crippen molar-refractivity contribution in [3.8, 4) is 11.8 Å². The zero-order chi connectivity index (χ0) is 14.1. The Morgan fingerprint density at radius 3 is 2.74 bits per heavy atom. The molecule has 0 heterocycles. The van der Waals surface area contributed by atoms with Crippen molar-refractivity contribution in [3.05, 3.63) is 35.1 Å². The second kappa shape index (κ2) is 8.68. The first-order chi connectivity index (χ1) is 9.17. The Hall–Kier alpha value is -1.37. The lowest BCUT2D eigenvalue weighted by molar-refractivity contribution is 0.313. The molecule has 1 aromatic carbocycles. The van der Waals surface area contributed by atoms with Crippen molar-refractivity contribution in [2.24, 2.45) is 0 Å². The lowest BCUT2D eigenvalue weighted by Gasteiger charge is -2.16. The molecule has 0 aliphatic carbocycles. The van der Waals surface area contributed by atoms with Crippen LogP contribution in [-0.4, -0.2) is 30.2 Å². The molecule has 0 aromatic heterocycles. The van der Waals surface area contributed by atoms with Crippen LogP contribution in [0.3, 0.4) is 0 Å². The van der Waals surface area contributed by atoms with Crippen molar-refractivity contribution in [2.45, 2.75) is 32.7 Å². The highest BCUT2D eigenvalue weighted by Crippen LogP contribution is 2.12. The van der Waals surface area contributed by atoms with Crippen LogP contribution in [0.25, 0.3) is 0 Å². The molecular formula is C16H22FNO. The van der Waals surface area contributed by atoms with Crippen molar-refractivity contribution < 1.29 is 9.50 Å². The van der Waals surface area contributed by atoms with Crippen LogP contribution in [0.5, 0.6) is 0 Å². The van der Waals surface area contributed by atoms with E-state index in [0.717, 1.165) is 13.0 Å². The molecule has 0 atom stereocenters. The highest BCUT2D eigenvalue weighted by atomic mass is 19.1. The fraction of sp³-hybridized carbons (Fsp3) is 0.500. The fourth-order valence-corrected chi connectivity index (χ4v) is 1.90. The molecule has 3 heteroatoms. The summed E-state index contributed by atoms with van der Waals surface area (Å²) >= 11 is 0. The number of nitrogens with zero attached hydrogens (tertiary/aromatic N) is 1. The Morgan fingerprint density at radius 2 is 2.11 bits per heavy atom. The number of hydrogen-bond donors (Lipinski definition) is 1. The summed E-state index contributed by atoms with van der Waals surface area (Å²) in [5, 5.41) is 8.60. The van der Waals surface area contributed by atoms with E-state index in [1.165, 1.54) is 18.9 Å². The standard InChI is InChI=1S/C16H22FNO/c1-3-4-5-10-18(2)13-15-9-8-14(7-6-11-19)12-16(15)17/h8-9,12,19H,3-5,10-11,13H2,1-2H3. The molecule has 0 spiro atoms. The summed E-state index contributed by atoms with van der Waals surface area (Å²) in [6.45, 7) is 3.57. The van der Waals surface area contributed by atoms with Gasteiger partial charge in [-0.1, -0.05) is 37.7 Å². The molecule has 1 rings (SSSR count). The number of aliphatic hydroxyl groups is 1. The minimum atomic E-state index is -0.230. The predicted molar refractivity (Wildman–Crippen MR) is 76.2 cm³/mol. The zero-order valence-corrected chi connectivity index (χ0v) is 11.7. The highest BCUT2D eigenvalue weighted by molar-refractivity contribution is 5.37. The van der Waals surface area contributed by atoms with Crippen LogP contribution >= 0.6 is 0 Å². The van der Waals surface area contributed by atoms with Gasteiger partial charge in [0.05, 0.1) is 0 Å². The van der Waals surface area contributed by atoms with E-state index in [2.05, 4.69) is 23.7 Å². The smallest absolute Gasteiger partial charge is 0.128 e. The summed E-state index contributed by atoms with van der Waals surface area (Å²) in [4.78, 5) is 2.13. The van der Waals surface area contributed by atoms with Crippen LogP contribution in [-0.2, 0) is 6.54 Å². The van der Waals surface area contributed by atoms with Crippen LogP contribution in [0.4, 0.5) is 4.39 Å². The number of rotatable bonds is 6. The molecule has 0 amide bonds. The van der Waals surface area contributed by atoms with Gasteiger partial charge >= 0.3 is 0 Å². The summed E-state index contributed by atoms with van der Waals surface area (Å²) in [7, 11) is 2.01. The first kappa shape index (κ1) is 15.7. The second-order valence-corrected chi connectivity index (χ2v) is 4.71. The third-order valence-corrected chi connectivity index (χ3v) is 2.95. The highest BCUT2D eigenvalue weighted by Gasteiger charge is 2.06. The third kappa shape index (κ3) is 5.87. The van der Waals surface area contributed by atoms with Crippen LogP contribution in [0.1, 0.15) is 37.3 Å². The lowest BCUT2D eigenvalue weighted by atomic mass is 10.1. The molecular weight excluding hydrogens is 241 g/mol. The quantitative estimate of drug-likeness (QED) is 0.630. The van der Waals surface area contributed by atoms with Gasteiger partial charge in [0.25, 0.3) is 0 Å². The molecule has 19 heavy (non-hydrogen) atoms. The normalized spacial score (nSPS) is 10.4. The maximum atomic E-state index is 13.9. The number of halogens is 1. The Balaban J connectivity index is 2.59. The minimum Gasteiger partial charge on any atom is -0.384 e. The molecule has 0 bridgehead atoms. The first-order valence-corrected chi connectivity index (χ1v) is 6.74. The second-order valence-electron chi connectivity index (χ2n) is 4.71. The van der Waals surface area contributed by atoms with Gasteiger partial charge in [-0.05, 0) is 32.1 Å². The number of benzene rings is 1. The Labute approximate surface area is 115 Å². The van der Waals surface area contributed by atoms with E-state index in [-0.39, 0.29) is 12.4 Å². The van der Waals surface area contributed by atoms with Gasteiger partial charge in [-0.3, -0.25) is 0 Å². The number of hydrogen-bond acceptors (Lipinski definition) is 2. The molecule has 0 unspecified atom stereocenters. The van der Waals surface area contributed by atoms with Gasteiger partial charge in [-0.25, -0.2) is 4.39 Å². The predicted octanol–water partition coefficient (Wildman–Crippen LogP) is 2.79. The molecule has 0 radical (unpaired) electrons. The van der Waals surface area contributed by atoms with Gasteiger partial charge in [0.15, 0.2) is 0 Å². The topological polar surface area (TPSA) is 23.5 Å². The van der Waals surface area contributed by atoms with Crippen LogP contribution in [0, 0.1) is 17.7 Å². The monoisotopic (exact) mass is 263 g/mol. The van der Waals surface area contributed by atoms with Gasteiger partial charge in [0.1, 0.15) is 12.4 Å².